The molecule has 0 bridgehead atoms. The summed E-state index contributed by atoms with van der Waals surface area (Å²) in [5.74, 6) is -2.83. The number of aromatic nitrogens is 5. The SMILES string of the molecule is Cc1ccc(C(=O)N(Cc2ccc(-c3noc(C(F)(F)F)n3)cn2)c2cccc(F)c2)nn1. The van der Waals surface area contributed by atoms with Crippen LogP contribution < -0.4 is 4.90 Å². The lowest BCUT2D eigenvalue weighted by Crippen LogP contribution is -2.31. The summed E-state index contributed by atoms with van der Waals surface area (Å²) >= 11 is 0. The van der Waals surface area contributed by atoms with Crippen molar-refractivity contribution < 1.29 is 26.9 Å². The van der Waals surface area contributed by atoms with Gasteiger partial charge in [-0.15, -0.1) is 5.10 Å². The summed E-state index contributed by atoms with van der Waals surface area (Å²) in [6.07, 6.45) is -3.51. The number of carbonyl (C=O) groups excluding carboxylic acids is 1. The second kappa shape index (κ2) is 8.73. The quantitative estimate of drug-likeness (QED) is 0.413. The summed E-state index contributed by atoms with van der Waals surface area (Å²) in [4.78, 5) is 21.8. The minimum Gasteiger partial charge on any atom is -0.329 e. The van der Waals surface area contributed by atoms with Crippen molar-refractivity contribution in [3.05, 3.63) is 83.5 Å². The molecule has 0 aliphatic carbocycles. The van der Waals surface area contributed by atoms with Crippen LogP contribution in [-0.2, 0) is 12.7 Å². The van der Waals surface area contributed by atoms with Crippen LogP contribution in [0.1, 0.15) is 27.8 Å². The number of aryl methyl sites for hydroxylation is 1. The van der Waals surface area contributed by atoms with Crippen molar-refractivity contribution in [2.75, 3.05) is 4.90 Å². The summed E-state index contributed by atoms with van der Waals surface area (Å²) in [6.45, 7) is 1.65. The average molecular weight is 458 g/mol. The predicted molar refractivity (Wildman–Crippen MR) is 106 cm³/mol. The van der Waals surface area contributed by atoms with E-state index >= 15 is 0 Å². The van der Waals surface area contributed by atoms with E-state index in [9.17, 15) is 22.4 Å². The molecule has 33 heavy (non-hydrogen) atoms. The van der Waals surface area contributed by atoms with Crippen LogP contribution in [0, 0.1) is 12.7 Å². The number of hydrogen-bond donors (Lipinski definition) is 0. The predicted octanol–water partition coefficient (Wildman–Crippen LogP) is 4.23. The van der Waals surface area contributed by atoms with E-state index in [0.29, 0.717) is 11.4 Å². The van der Waals surface area contributed by atoms with Crippen LogP contribution >= 0.6 is 0 Å². The van der Waals surface area contributed by atoms with Crippen LogP contribution in [0.5, 0.6) is 0 Å². The van der Waals surface area contributed by atoms with Gasteiger partial charge in [0, 0.05) is 17.4 Å². The third-order valence-corrected chi connectivity index (χ3v) is 4.45. The van der Waals surface area contributed by atoms with Gasteiger partial charge in [-0.25, -0.2) is 4.39 Å². The van der Waals surface area contributed by atoms with E-state index in [4.69, 9.17) is 0 Å². The molecule has 0 unspecified atom stereocenters. The van der Waals surface area contributed by atoms with Gasteiger partial charge in [-0.05, 0) is 49.4 Å². The molecule has 4 rings (SSSR count). The van der Waals surface area contributed by atoms with Gasteiger partial charge in [0.15, 0.2) is 5.69 Å². The smallest absolute Gasteiger partial charge is 0.329 e. The van der Waals surface area contributed by atoms with Crippen molar-refractivity contribution in [1.82, 2.24) is 25.3 Å². The molecule has 0 spiro atoms. The van der Waals surface area contributed by atoms with Gasteiger partial charge >= 0.3 is 12.1 Å². The van der Waals surface area contributed by atoms with Crippen LogP contribution in [-0.4, -0.2) is 31.2 Å². The standard InChI is InChI=1S/C21H14F4N6O2/c1-12-5-8-17(29-28-12)19(32)31(16-4-2-3-14(22)9-16)11-15-7-6-13(10-26-15)18-27-20(33-30-18)21(23,24)25/h2-10H,11H2,1H3. The molecule has 0 fully saturated rings. The largest absolute Gasteiger partial charge is 0.471 e. The summed E-state index contributed by atoms with van der Waals surface area (Å²) < 4.78 is 56.0. The van der Waals surface area contributed by atoms with E-state index in [-0.39, 0.29) is 29.3 Å². The fourth-order valence-corrected chi connectivity index (χ4v) is 2.84. The van der Waals surface area contributed by atoms with Crippen LogP contribution in [0.2, 0.25) is 0 Å². The fraction of sp³-hybridized carbons (Fsp3) is 0.143. The maximum absolute atomic E-state index is 13.8. The number of nitrogens with zero attached hydrogens (tertiary/aromatic N) is 6. The highest BCUT2D eigenvalue weighted by molar-refractivity contribution is 6.04. The molecular formula is C21H14F4N6O2. The van der Waals surface area contributed by atoms with Crippen LogP contribution in [0.3, 0.4) is 0 Å². The Hall–Kier alpha value is -4.22. The van der Waals surface area contributed by atoms with E-state index in [0.717, 1.165) is 0 Å². The minimum atomic E-state index is -4.76. The first-order valence-electron chi connectivity index (χ1n) is 9.44. The van der Waals surface area contributed by atoms with Gasteiger partial charge in [-0.3, -0.25) is 9.78 Å². The number of alkyl halides is 3. The van der Waals surface area contributed by atoms with E-state index in [1.165, 1.54) is 47.5 Å². The lowest BCUT2D eigenvalue weighted by atomic mass is 10.2. The van der Waals surface area contributed by atoms with Gasteiger partial charge < -0.3 is 9.42 Å². The van der Waals surface area contributed by atoms with Crippen LogP contribution in [0.15, 0.2) is 59.3 Å². The minimum absolute atomic E-state index is 0.0490. The second-order valence-corrected chi connectivity index (χ2v) is 6.89. The molecule has 8 nitrogen and oxygen atoms in total. The molecule has 12 heteroatoms. The van der Waals surface area contributed by atoms with E-state index in [2.05, 4.69) is 29.8 Å². The van der Waals surface area contributed by atoms with E-state index in [1.54, 1.807) is 19.1 Å². The average Bonchev–Trinajstić information content (AvgIpc) is 3.29. The normalized spacial score (nSPS) is 11.4. The highest BCUT2D eigenvalue weighted by Crippen LogP contribution is 2.29. The number of anilines is 1. The Kier molecular flexibility index (Phi) is 5.82. The molecule has 0 saturated carbocycles. The highest BCUT2D eigenvalue weighted by Gasteiger charge is 2.38. The third-order valence-electron chi connectivity index (χ3n) is 4.45. The van der Waals surface area contributed by atoms with Gasteiger partial charge in [0.25, 0.3) is 5.91 Å². The number of carbonyl (C=O) groups is 1. The first kappa shape index (κ1) is 22.0. The molecule has 0 radical (unpaired) electrons. The molecule has 3 heterocycles. The Bertz CT molecular complexity index is 1270. The Balaban J connectivity index is 1.61. The number of halogens is 4. The molecule has 4 aromatic rings. The zero-order chi connectivity index (χ0) is 23.6. The molecule has 168 valence electrons. The zero-order valence-corrected chi connectivity index (χ0v) is 16.9. The molecule has 0 saturated heterocycles. The Morgan fingerprint density at radius 1 is 1.09 bits per heavy atom. The monoisotopic (exact) mass is 458 g/mol. The third kappa shape index (κ3) is 5.00. The molecule has 0 aliphatic heterocycles. The molecule has 1 aromatic carbocycles. The molecule has 0 N–H and O–H groups in total. The zero-order valence-electron chi connectivity index (χ0n) is 16.9. The summed E-state index contributed by atoms with van der Waals surface area (Å²) in [5, 5.41) is 11.1. The summed E-state index contributed by atoms with van der Waals surface area (Å²) in [7, 11) is 0. The Labute approximate surface area is 183 Å². The van der Waals surface area contributed by atoms with Gasteiger partial charge in [-0.2, -0.15) is 23.3 Å². The molecule has 3 aromatic heterocycles. The van der Waals surface area contributed by atoms with Crippen LogP contribution in [0.4, 0.5) is 23.2 Å². The van der Waals surface area contributed by atoms with Crippen molar-refractivity contribution in [2.24, 2.45) is 0 Å². The summed E-state index contributed by atoms with van der Waals surface area (Å²) in [5.41, 5.74) is 1.49. The number of amides is 1. The number of pyridine rings is 1. The Morgan fingerprint density at radius 2 is 1.91 bits per heavy atom. The first-order valence-corrected chi connectivity index (χ1v) is 9.44. The number of benzene rings is 1. The van der Waals surface area contributed by atoms with Crippen molar-refractivity contribution in [3.8, 4) is 11.4 Å². The topological polar surface area (TPSA) is 97.9 Å². The summed E-state index contributed by atoms with van der Waals surface area (Å²) in [6, 6.07) is 11.5. The van der Waals surface area contributed by atoms with Gasteiger partial charge in [0.2, 0.25) is 5.82 Å². The Morgan fingerprint density at radius 3 is 2.52 bits per heavy atom. The van der Waals surface area contributed by atoms with Crippen molar-refractivity contribution >= 4 is 11.6 Å². The van der Waals surface area contributed by atoms with Crippen LogP contribution in [0.25, 0.3) is 11.4 Å². The molecule has 0 atom stereocenters. The van der Waals surface area contributed by atoms with Gasteiger partial charge in [-0.1, -0.05) is 11.2 Å². The number of rotatable bonds is 5. The molecule has 1 amide bonds. The van der Waals surface area contributed by atoms with Crippen molar-refractivity contribution in [3.63, 3.8) is 0 Å². The van der Waals surface area contributed by atoms with Crippen molar-refractivity contribution in [2.45, 2.75) is 19.6 Å². The molecule has 0 aliphatic rings. The highest BCUT2D eigenvalue weighted by atomic mass is 19.4. The molecular weight excluding hydrogens is 444 g/mol. The van der Waals surface area contributed by atoms with E-state index < -0.39 is 23.8 Å². The maximum Gasteiger partial charge on any atom is 0.471 e. The first-order chi connectivity index (χ1) is 15.7. The lowest BCUT2D eigenvalue weighted by molar-refractivity contribution is -0.159. The van der Waals surface area contributed by atoms with Gasteiger partial charge in [0.1, 0.15) is 5.82 Å². The maximum atomic E-state index is 13.8. The number of hydrogen-bond acceptors (Lipinski definition) is 7. The lowest BCUT2D eigenvalue weighted by Gasteiger charge is -2.22. The fourth-order valence-electron chi connectivity index (χ4n) is 2.84. The second-order valence-electron chi connectivity index (χ2n) is 6.89. The van der Waals surface area contributed by atoms with Crippen molar-refractivity contribution in [1.29, 1.82) is 0 Å². The van der Waals surface area contributed by atoms with E-state index in [1.807, 2.05) is 0 Å². The van der Waals surface area contributed by atoms with Gasteiger partial charge in [0.05, 0.1) is 17.9 Å².